The summed E-state index contributed by atoms with van der Waals surface area (Å²) >= 11 is 3.86. The van der Waals surface area contributed by atoms with Gasteiger partial charge in [0.2, 0.25) is 5.91 Å². The Balaban J connectivity index is 3.27. The molecular formula is C7H6N2O3S. The molecule has 1 rings (SSSR count). The zero-order valence-electron chi connectivity index (χ0n) is 6.43. The minimum Gasteiger partial charge on any atom is -0.366 e. The van der Waals surface area contributed by atoms with Crippen LogP contribution >= 0.6 is 12.6 Å². The molecule has 0 saturated carbocycles. The summed E-state index contributed by atoms with van der Waals surface area (Å²) in [4.78, 5) is 20.7. The number of amides is 1. The normalized spacial score (nSPS) is 9.62. The zero-order chi connectivity index (χ0) is 10.0. The number of nitrogens with two attached hydrogens (primary N) is 1. The van der Waals surface area contributed by atoms with Crippen LogP contribution in [0, 0.1) is 10.1 Å². The molecule has 1 aromatic rings. The van der Waals surface area contributed by atoms with Crippen LogP contribution in [-0.2, 0) is 0 Å². The monoisotopic (exact) mass is 198 g/mol. The van der Waals surface area contributed by atoms with E-state index in [4.69, 9.17) is 5.73 Å². The quantitative estimate of drug-likeness (QED) is 0.422. The predicted octanol–water partition coefficient (Wildman–Crippen LogP) is 0.982. The van der Waals surface area contributed by atoms with Crippen molar-refractivity contribution in [2.24, 2.45) is 5.73 Å². The molecule has 0 aliphatic heterocycles. The highest BCUT2D eigenvalue weighted by molar-refractivity contribution is 7.80. The lowest BCUT2D eigenvalue weighted by atomic mass is 10.2. The van der Waals surface area contributed by atoms with Crippen molar-refractivity contribution in [1.29, 1.82) is 0 Å². The summed E-state index contributed by atoms with van der Waals surface area (Å²) in [5.41, 5.74) is 4.83. The van der Waals surface area contributed by atoms with Gasteiger partial charge in [-0.1, -0.05) is 0 Å². The largest absolute Gasteiger partial charge is 0.366 e. The van der Waals surface area contributed by atoms with Gasteiger partial charge in [0, 0.05) is 11.6 Å². The van der Waals surface area contributed by atoms with Gasteiger partial charge in [-0.3, -0.25) is 14.9 Å². The van der Waals surface area contributed by atoms with E-state index in [1.165, 1.54) is 12.1 Å². The van der Waals surface area contributed by atoms with E-state index in [0.717, 1.165) is 6.07 Å². The minimum atomic E-state index is -0.698. The van der Waals surface area contributed by atoms with Crippen LogP contribution in [0.3, 0.4) is 0 Å². The van der Waals surface area contributed by atoms with Crippen LogP contribution in [0.1, 0.15) is 10.4 Å². The molecule has 6 heteroatoms. The van der Waals surface area contributed by atoms with Crippen molar-refractivity contribution in [3.63, 3.8) is 0 Å². The first-order valence-electron chi connectivity index (χ1n) is 3.29. The third kappa shape index (κ3) is 1.97. The summed E-state index contributed by atoms with van der Waals surface area (Å²) < 4.78 is 0. The number of nitrogens with zero attached hydrogens (tertiary/aromatic N) is 1. The van der Waals surface area contributed by atoms with E-state index < -0.39 is 10.8 Å². The van der Waals surface area contributed by atoms with Gasteiger partial charge in [0.15, 0.2) is 0 Å². The molecule has 1 aromatic carbocycles. The molecule has 1 amide bonds. The van der Waals surface area contributed by atoms with Gasteiger partial charge < -0.3 is 5.73 Å². The maximum Gasteiger partial charge on any atom is 0.283 e. The highest BCUT2D eigenvalue weighted by atomic mass is 32.1. The highest BCUT2D eigenvalue weighted by Crippen LogP contribution is 2.22. The van der Waals surface area contributed by atoms with Crippen molar-refractivity contribution in [3.05, 3.63) is 33.9 Å². The molecule has 5 nitrogen and oxygen atoms in total. The van der Waals surface area contributed by atoms with E-state index >= 15 is 0 Å². The SMILES string of the molecule is NC(=O)c1ccc(S)c([N+](=O)[O-])c1. The Kier molecular flexibility index (Phi) is 2.52. The molecule has 0 fully saturated rings. The maximum atomic E-state index is 10.7. The van der Waals surface area contributed by atoms with Gasteiger partial charge in [-0.15, -0.1) is 12.6 Å². The van der Waals surface area contributed by atoms with Crippen LogP contribution in [0.15, 0.2) is 23.1 Å². The Bertz CT molecular complexity index is 378. The van der Waals surface area contributed by atoms with Gasteiger partial charge in [0.25, 0.3) is 5.69 Å². The Morgan fingerprint density at radius 1 is 1.54 bits per heavy atom. The van der Waals surface area contributed by atoms with Crippen LogP contribution in [0.25, 0.3) is 0 Å². The summed E-state index contributed by atoms with van der Waals surface area (Å²) in [6, 6.07) is 3.85. The summed E-state index contributed by atoms with van der Waals surface area (Å²) in [6.45, 7) is 0. The number of hydrogen-bond acceptors (Lipinski definition) is 4. The van der Waals surface area contributed by atoms with E-state index in [-0.39, 0.29) is 16.1 Å². The first-order valence-corrected chi connectivity index (χ1v) is 3.74. The predicted molar refractivity (Wildman–Crippen MR) is 48.9 cm³/mol. The first kappa shape index (κ1) is 9.53. The highest BCUT2D eigenvalue weighted by Gasteiger charge is 2.13. The minimum absolute atomic E-state index is 0.101. The molecule has 13 heavy (non-hydrogen) atoms. The first-order chi connectivity index (χ1) is 6.02. The standard InChI is InChI=1S/C7H6N2O3S/c8-7(10)4-1-2-6(13)5(3-4)9(11)12/h1-3,13H,(H2,8,10). The van der Waals surface area contributed by atoms with Crippen molar-refractivity contribution in [2.45, 2.75) is 4.90 Å². The fourth-order valence-corrected chi connectivity index (χ4v) is 1.04. The molecule has 0 aromatic heterocycles. The number of rotatable bonds is 2. The molecule has 0 bridgehead atoms. The van der Waals surface area contributed by atoms with Gasteiger partial charge in [0.1, 0.15) is 0 Å². The van der Waals surface area contributed by atoms with Gasteiger partial charge in [0.05, 0.1) is 9.82 Å². The third-order valence-corrected chi connectivity index (χ3v) is 1.83. The Morgan fingerprint density at radius 3 is 2.62 bits per heavy atom. The molecule has 0 unspecified atom stereocenters. The number of carbonyl (C=O) groups is 1. The van der Waals surface area contributed by atoms with Crippen LogP contribution in [-0.4, -0.2) is 10.8 Å². The second-order valence-corrected chi connectivity index (χ2v) is 2.81. The number of nitro groups is 1. The lowest BCUT2D eigenvalue weighted by Crippen LogP contribution is -2.11. The van der Waals surface area contributed by atoms with E-state index in [0.29, 0.717) is 0 Å². The van der Waals surface area contributed by atoms with Gasteiger partial charge in [-0.2, -0.15) is 0 Å². The average molecular weight is 198 g/mol. The van der Waals surface area contributed by atoms with E-state index in [2.05, 4.69) is 12.6 Å². The number of hydrogen-bond donors (Lipinski definition) is 2. The van der Waals surface area contributed by atoms with Crippen LogP contribution in [0.5, 0.6) is 0 Å². The molecule has 0 saturated heterocycles. The second-order valence-electron chi connectivity index (χ2n) is 2.32. The number of benzene rings is 1. The molecule has 0 heterocycles. The molecule has 0 aliphatic rings. The zero-order valence-corrected chi connectivity index (χ0v) is 7.32. The van der Waals surface area contributed by atoms with E-state index in [9.17, 15) is 14.9 Å². The summed E-state index contributed by atoms with van der Waals surface area (Å²) in [7, 11) is 0. The molecule has 2 N–H and O–H groups in total. The maximum absolute atomic E-state index is 10.7. The molecule has 68 valence electrons. The lowest BCUT2D eigenvalue weighted by molar-refractivity contribution is -0.387. The number of nitro benzene ring substituents is 1. The van der Waals surface area contributed by atoms with Crippen LogP contribution in [0.4, 0.5) is 5.69 Å². The van der Waals surface area contributed by atoms with Crippen molar-refractivity contribution in [1.82, 2.24) is 0 Å². The number of primary amides is 1. The fourth-order valence-electron chi connectivity index (χ4n) is 0.823. The van der Waals surface area contributed by atoms with E-state index in [1.807, 2.05) is 0 Å². The Hall–Kier alpha value is -1.56. The van der Waals surface area contributed by atoms with Gasteiger partial charge >= 0.3 is 0 Å². The summed E-state index contributed by atoms with van der Waals surface area (Å²) in [6.07, 6.45) is 0. The number of thiol groups is 1. The Labute approximate surface area is 79.1 Å². The smallest absolute Gasteiger partial charge is 0.283 e. The topological polar surface area (TPSA) is 86.2 Å². The fraction of sp³-hybridized carbons (Fsp3) is 0. The molecule has 0 radical (unpaired) electrons. The summed E-state index contributed by atoms with van der Waals surface area (Å²) in [5.74, 6) is -0.698. The molecule has 0 atom stereocenters. The summed E-state index contributed by atoms with van der Waals surface area (Å²) in [5, 5.41) is 10.4. The van der Waals surface area contributed by atoms with Gasteiger partial charge in [-0.05, 0) is 12.1 Å². The molecule has 0 aliphatic carbocycles. The average Bonchev–Trinajstić information content (AvgIpc) is 2.04. The third-order valence-electron chi connectivity index (χ3n) is 1.46. The second kappa shape index (κ2) is 3.44. The van der Waals surface area contributed by atoms with Crippen LogP contribution in [0.2, 0.25) is 0 Å². The van der Waals surface area contributed by atoms with Crippen LogP contribution < -0.4 is 5.73 Å². The van der Waals surface area contributed by atoms with Crippen molar-refractivity contribution >= 4 is 24.2 Å². The van der Waals surface area contributed by atoms with E-state index in [1.54, 1.807) is 0 Å². The van der Waals surface area contributed by atoms with Crippen molar-refractivity contribution < 1.29 is 9.72 Å². The van der Waals surface area contributed by atoms with Gasteiger partial charge in [-0.25, -0.2) is 0 Å². The molecular weight excluding hydrogens is 192 g/mol. The number of carbonyl (C=O) groups excluding carboxylic acids is 1. The lowest BCUT2D eigenvalue weighted by Gasteiger charge is -1.97. The Morgan fingerprint density at radius 2 is 2.15 bits per heavy atom. The van der Waals surface area contributed by atoms with Crippen molar-refractivity contribution in [2.75, 3.05) is 0 Å². The molecule has 0 spiro atoms. The van der Waals surface area contributed by atoms with Crippen molar-refractivity contribution in [3.8, 4) is 0 Å².